The second kappa shape index (κ2) is 9.84. The molecule has 0 amide bonds. The van der Waals surface area contributed by atoms with E-state index < -0.39 is 5.82 Å². The van der Waals surface area contributed by atoms with Crippen LogP contribution in [0.1, 0.15) is 5.56 Å². The Morgan fingerprint density at radius 3 is 2.97 bits per heavy atom. The Morgan fingerprint density at radius 1 is 1.28 bits per heavy atom. The summed E-state index contributed by atoms with van der Waals surface area (Å²) in [6.45, 7) is 4.07. The lowest BCUT2D eigenvalue weighted by atomic mass is 10.2. The van der Waals surface area contributed by atoms with Crippen molar-refractivity contribution >= 4 is 17.9 Å². The zero-order valence-corrected chi connectivity index (χ0v) is 15.8. The molecule has 8 heteroatoms. The van der Waals surface area contributed by atoms with E-state index in [2.05, 4.69) is 36.8 Å². The molecule has 0 radical (unpaired) electrons. The number of anilines is 1. The van der Waals surface area contributed by atoms with Crippen LogP contribution in [0.5, 0.6) is 5.75 Å². The first kappa shape index (κ1) is 19.8. The molecule has 0 spiro atoms. The first-order valence-corrected chi connectivity index (χ1v) is 8.73. The Kier molecular flexibility index (Phi) is 6.72. The monoisotopic (exact) mass is 390 g/mol. The van der Waals surface area contributed by atoms with Crippen LogP contribution in [0.3, 0.4) is 0 Å². The summed E-state index contributed by atoms with van der Waals surface area (Å²) in [5.41, 5.74) is 1.48. The molecule has 29 heavy (non-hydrogen) atoms. The fraction of sp³-hybridized carbons (Fsp3) is 0.0952. The molecule has 0 bridgehead atoms. The molecule has 3 aromatic rings. The summed E-state index contributed by atoms with van der Waals surface area (Å²) in [4.78, 5) is 20.3. The van der Waals surface area contributed by atoms with E-state index in [4.69, 9.17) is 4.74 Å². The summed E-state index contributed by atoms with van der Waals surface area (Å²) in [6, 6.07) is 10.6. The average molecular weight is 390 g/mol. The lowest BCUT2D eigenvalue weighted by molar-refractivity contribution is 0.561. The number of ether oxygens (including phenoxy) is 1. The van der Waals surface area contributed by atoms with Gasteiger partial charge < -0.3 is 10.1 Å². The number of pyridine rings is 1. The topological polar surface area (TPSA) is 84.7 Å². The molecule has 3 rings (SSSR count). The van der Waals surface area contributed by atoms with Crippen molar-refractivity contribution in [2.75, 3.05) is 12.4 Å². The number of halogens is 1. The minimum atomic E-state index is -0.436. The lowest BCUT2D eigenvalue weighted by Gasteiger charge is -2.09. The summed E-state index contributed by atoms with van der Waals surface area (Å²) in [5, 5.41) is 3.22. The molecule has 0 fully saturated rings. The van der Waals surface area contributed by atoms with Crippen LogP contribution in [0.15, 0.2) is 77.8 Å². The number of hydrogen-bond acceptors (Lipinski definition) is 7. The molecule has 7 nitrogen and oxygen atoms in total. The van der Waals surface area contributed by atoms with Crippen LogP contribution in [0.25, 0.3) is 11.4 Å². The van der Waals surface area contributed by atoms with Gasteiger partial charge in [-0.1, -0.05) is 18.7 Å². The second-order valence-corrected chi connectivity index (χ2v) is 5.80. The van der Waals surface area contributed by atoms with Crippen LogP contribution < -0.4 is 10.1 Å². The molecule has 2 aromatic heterocycles. The van der Waals surface area contributed by atoms with Crippen molar-refractivity contribution in [3.05, 3.63) is 79.1 Å². The smallest absolute Gasteiger partial charge is 0.237 e. The predicted octanol–water partition coefficient (Wildman–Crippen LogP) is 3.91. The van der Waals surface area contributed by atoms with Crippen LogP contribution in [0.4, 0.5) is 10.2 Å². The van der Waals surface area contributed by atoms with E-state index in [9.17, 15) is 4.39 Å². The molecular formula is C21H19FN6O. The van der Waals surface area contributed by atoms with E-state index >= 15 is 0 Å². The van der Waals surface area contributed by atoms with Crippen molar-refractivity contribution in [2.24, 2.45) is 9.98 Å². The van der Waals surface area contributed by atoms with E-state index in [1.165, 1.54) is 24.7 Å². The van der Waals surface area contributed by atoms with Gasteiger partial charge in [0.25, 0.3) is 0 Å². The van der Waals surface area contributed by atoms with Gasteiger partial charge in [0.15, 0.2) is 5.82 Å². The van der Waals surface area contributed by atoms with Gasteiger partial charge in [0.2, 0.25) is 5.90 Å². The largest absolute Gasteiger partial charge is 0.438 e. The van der Waals surface area contributed by atoms with Gasteiger partial charge >= 0.3 is 0 Å². The molecule has 1 N–H and O–H groups in total. The molecule has 0 atom stereocenters. The number of nitrogens with one attached hydrogen (secondary N) is 1. The van der Waals surface area contributed by atoms with E-state index in [1.807, 2.05) is 24.3 Å². The molecule has 0 aliphatic carbocycles. The highest BCUT2D eigenvalue weighted by Crippen LogP contribution is 2.18. The SMILES string of the molecule is C=CN=C(C=NC)Oc1cccc(CNc2ccnc(-c3cncc(F)c3)n2)c1. The maximum absolute atomic E-state index is 13.4. The molecule has 0 saturated heterocycles. The Morgan fingerprint density at radius 2 is 2.17 bits per heavy atom. The zero-order chi connectivity index (χ0) is 20.5. The third-order valence-corrected chi connectivity index (χ3v) is 3.67. The summed E-state index contributed by atoms with van der Waals surface area (Å²) in [7, 11) is 1.64. The molecule has 0 unspecified atom stereocenters. The molecule has 0 saturated carbocycles. The molecule has 0 aliphatic heterocycles. The molecular weight excluding hydrogens is 371 g/mol. The van der Waals surface area contributed by atoms with E-state index in [-0.39, 0.29) is 0 Å². The summed E-state index contributed by atoms with van der Waals surface area (Å²) < 4.78 is 19.1. The standard InChI is InChI=1S/C21H19FN6O/c1-3-25-20(14-23-2)29-18-6-4-5-15(9-18)11-27-19-7-8-26-21(28-19)16-10-17(22)13-24-12-16/h3-10,12-14H,1,11H2,2H3,(H,26,27,28). The van der Waals surface area contributed by atoms with Gasteiger partial charge in [-0.05, 0) is 29.8 Å². The molecule has 0 aliphatic rings. The van der Waals surface area contributed by atoms with Gasteiger partial charge in [0, 0.05) is 37.7 Å². The van der Waals surface area contributed by atoms with E-state index in [0.717, 1.165) is 11.8 Å². The molecule has 1 aromatic carbocycles. The van der Waals surface area contributed by atoms with Gasteiger partial charge in [0.05, 0.1) is 12.4 Å². The minimum Gasteiger partial charge on any atom is -0.438 e. The van der Waals surface area contributed by atoms with Crippen LogP contribution >= 0.6 is 0 Å². The van der Waals surface area contributed by atoms with Crippen molar-refractivity contribution in [3.8, 4) is 17.1 Å². The Labute approximate surface area is 167 Å². The van der Waals surface area contributed by atoms with Gasteiger partial charge in [-0.3, -0.25) is 9.98 Å². The highest BCUT2D eigenvalue weighted by atomic mass is 19.1. The van der Waals surface area contributed by atoms with Crippen molar-refractivity contribution < 1.29 is 9.13 Å². The van der Waals surface area contributed by atoms with Crippen LogP contribution in [-0.2, 0) is 6.54 Å². The molecule has 146 valence electrons. The zero-order valence-electron chi connectivity index (χ0n) is 15.8. The number of aliphatic imine (C=N–C) groups is 2. The highest BCUT2D eigenvalue weighted by molar-refractivity contribution is 6.27. The van der Waals surface area contributed by atoms with Crippen LogP contribution in [0.2, 0.25) is 0 Å². The third-order valence-electron chi connectivity index (χ3n) is 3.67. The lowest BCUT2D eigenvalue weighted by Crippen LogP contribution is -2.10. The van der Waals surface area contributed by atoms with Crippen molar-refractivity contribution in [1.29, 1.82) is 0 Å². The third kappa shape index (κ3) is 5.77. The van der Waals surface area contributed by atoms with Crippen molar-refractivity contribution in [1.82, 2.24) is 15.0 Å². The minimum absolute atomic E-state index is 0.344. The maximum atomic E-state index is 13.4. The number of aromatic nitrogens is 3. The first-order chi connectivity index (χ1) is 14.2. The van der Waals surface area contributed by atoms with E-state index in [1.54, 1.807) is 19.3 Å². The highest BCUT2D eigenvalue weighted by Gasteiger charge is 2.06. The first-order valence-electron chi connectivity index (χ1n) is 8.73. The number of nitrogens with zero attached hydrogens (tertiary/aromatic N) is 5. The quantitative estimate of drug-likeness (QED) is 0.488. The van der Waals surface area contributed by atoms with E-state index in [0.29, 0.717) is 35.4 Å². The molecule has 2 heterocycles. The number of benzene rings is 1. The summed E-state index contributed by atoms with van der Waals surface area (Å²) in [5.74, 6) is 1.53. The summed E-state index contributed by atoms with van der Waals surface area (Å²) >= 11 is 0. The van der Waals surface area contributed by atoms with Crippen LogP contribution in [0, 0.1) is 5.82 Å². The number of rotatable bonds is 7. The Bertz CT molecular complexity index is 1050. The van der Waals surface area contributed by atoms with Crippen molar-refractivity contribution in [2.45, 2.75) is 6.54 Å². The van der Waals surface area contributed by atoms with Crippen LogP contribution in [-0.4, -0.2) is 34.1 Å². The van der Waals surface area contributed by atoms with Gasteiger partial charge in [0.1, 0.15) is 17.4 Å². The Hall–Kier alpha value is -3.94. The summed E-state index contributed by atoms with van der Waals surface area (Å²) in [6.07, 6.45) is 7.17. The normalized spacial score (nSPS) is 11.4. The predicted molar refractivity (Wildman–Crippen MR) is 112 cm³/mol. The fourth-order valence-electron chi connectivity index (χ4n) is 2.45. The number of hydrogen-bond donors (Lipinski definition) is 1. The second-order valence-electron chi connectivity index (χ2n) is 5.80. The average Bonchev–Trinajstić information content (AvgIpc) is 2.73. The van der Waals surface area contributed by atoms with Gasteiger partial charge in [-0.15, -0.1) is 0 Å². The fourth-order valence-corrected chi connectivity index (χ4v) is 2.45. The van der Waals surface area contributed by atoms with Gasteiger partial charge in [-0.25, -0.2) is 19.4 Å². The van der Waals surface area contributed by atoms with Crippen molar-refractivity contribution in [3.63, 3.8) is 0 Å². The van der Waals surface area contributed by atoms with Gasteiger partial charge in [-0.2, -0.15) is 0 Å². The maximum Gasteiger partial charge on any atom is 0.237 e. The Balaban J connectivity index is 1.70.